The van der Waals surface area contributed by atoms with Gasteiger partial charge >= 0.3 is 0 Å². The van der Waals surface area contributed by atoms with Crippen molar-refractivity contribution >= 4 is 0 Å². The third-order valence-electron chi connectivity index (χ3n) is 0.547. The summed E-state index contributed by atoms with van der Waals surface area (Å²) in [6.45, 7) is 6.98. The summed E-state index contributed by atoms with van der Waals surface area (Å²) < 4.78 is 0. The van der Waals surface area contributed by atoms with Crippen molar-refractivity contribution < 1.29 is 10.2 Å². The van der Waals surface area contributed by atoms with Gasteiger partial charge in [-0.2, -0.15) is 0 Å². The van der Waals surface area contributed by atoms with Crippen LogP contribution in [0.4, 0.5) is 0 Å². The molecule has 0 rings (SSSR count). The standard InChI is InChI=1S/C4H10O2.C3H6/c1-4(6)2-3-5;1-3-2/h4-6H,2-3H2,1H3;3H,1H2,2H3. The quantitative estimate of drug-likeness (QED) is 0.549. The number of rotatable bonds is 2. The van der Waals surface area contributed by atoms with Crippen molar-refractivity contribution in [2.45, 2.75) is 26.4 Å². The molecule has 0 amide bonds. The van der Waals surface area contributed by atoms with E-state index in [1.807, 2.05) is 6.92 Å². The second-order valence-electron chi connectivity index (χ2n) is 1.77. The lowest BCUT2D eigenvalue weighted by molar-refractivity contribution is 0.148. The van der Waals surface area contributed by atoms with Crippen LogP contribution in [0.2, 0.25) is 0 Å². The van der Waals surface area contributed by atoms with E-state index in [4.69, 9.17) is 10.2 Å². The number of aliphatic hydroxyl groups excluding tert-OH is 2. The van der Waals surface area contributed by atoms with Crippen molar-refractivity contribution in [2.24, 2.45) is 0 Å². The highest BCUT2D eigenvalue weighted by Gasteiger charge is 1.88. The van der Waals surface area contributed by atoms with Crippen molar-refractivity contribution in [3.8, 4) is 0 Å². The molecule has 0 saturated carbocycles. The normalized spacial score (nSPS) is 11.1. The first kappa shape index (κ1) is 11.5. The SMILES string of the molecule is C=CC.CC(O)CCO. The fourth-order valence-electron chi connectivity index (χ4n) is 0.187. The molecule has 0 radical (unpaired) electrons. The fraction of sp³-hybridized carbons (Fsp3) is 0.714. The van der Waals surface area contributed by atoms with Gasteiger partial charge in [-0.05, 0) is 20.3 Å². The Morgan fingerprint density at radius 3 is 2.00 bits per heavy atom. The molecule has 2 nitrogen and oxygen atoms in total. The molecule has 0 aliphatic heterocycles. The molecule has 0 spiro atoms. The zero-order valence-electron chi connectivity index (χ0n) is 6.17. The first-order chi connectivity index (χ1) is 4.18. The number of hydrogen-bond donors (Lipinski definition) is 2. The third-order valence-corrected chi connectivity index (χ3v) is 0.547. The van der Waals surface area contributed by atoms with E-state index in [0.717, 1.165) is 0 Å². The molecule has 1 unspecified atom stereocenters. The number of hydrogen-bond acceptors (Lipinski definition) is 2. The Kier molecular flexibility index (Phi) is 13.5. The zero-order chi connectivity index (χ0) is 7.70. The summed E-state index contributed by atoms with van der Waals surface area (Å²) in [5.74, 6) is 0. The van der Waals surface area contributed by atoms with E-state index in [1.54, 1.807) is 13.0 Å². The molecule has 0 saturated heterocycles. The van der Waals surface area contributed by atoms with E-state index in [1.165, 1.54) is 0 Å². The van der Waals surface area contributed by atoms with Crippen molar-refractivity contribution in [3.63, 3.8) is 0 Å². The van der Waals surface area contributed by atoms with E-state index in [2.05, 4.69) is 6.58 Å². The molecule has 9 heavy (non-hydrogen) atoms. The summed E-state index contributed by atoms with van der Waals surface area (Å²) in [6, 6.07) is 0. The molecule has 1 atom stereocenters. The Hall–Kier alpha value is -0.340. The van der Waals surface area contributed by atoms with Crippen LogP contribution < -0.4 is 0 Å². The van der Waals surface area contributed by atoms with Gasteiger partial charge in [0.05, 0.1) is 6.10 Å². The molecule has 2 heteroatoms. The van der Waals surface area contributed by atoms with Gasteiger partial charge in [0.25, 0.3) is 0 Å². The highest BCUT2D eigenvalue weighted by Crippen LogP contribution is 1.83. The van der Waals surface area contributed by atoms with E-state index >= 15 is 0 Å². The number of allylic oxidation sites excluding steroid dienone is 1. The maximum atomic E-state index is 8.39. The molecular formula is C7H16O2. The molecule has 0 aliphatic carbocycles. The Morgan fingerprint density at radius 2 is 2.00 bits per heavy atom. The lowest BCUT2D eigenvalue weighted by Crippen LogP contribution is -2.00. The molecule has 0 fully saturated rings. The van der Waals surface area contributed by atoms with E-state index < -0.39 is 0 Å². The minimum atomic E-state index is -0.352. The Bertz CT molecular complexity index is 50.9. The van der Waals surface area contributed by atoms with Gasteiger partial charge in [0.2, 0.25) is 0 Å². The van der Waals surface area contributed by atoms with Gasteiger partial charge in [0, 0.05) is 6.61 Å². The maximum Gasteiger partial charge on any atom is 0.0533 e. The van der Waals surface area contributed by atoms with Crippen LogP contribution >= 0.6 is 0 Å². The summed E-state index contributed by atoms with van der Waals surface area (Å²) >= 11 is 0. The first-order valence-electron chi connectivity index (χ1n) is 3.05. The number of aliphatic hydroxyl groups is 2. The molecule has 2 N–H and O–H groups in total. The van der Waals surface area contributed by atoms with Gasteiger partial charge in [-0.3, -0.25) is 0 Å². The molecule has 0 heterocycles. The van der Waals surface area contributed by atoms with Crippen LogP contribution in [-0.4, -0.2) is 22.9 Å². The zero-order valence-corrected chi connectivity index (χ0v) is 6.17. The summed E-state index contributed by atoms with van der Waals surface area (Å²) in [7, 11) is 0. The van der Waals surface area contributed by atoms with Gasteiger partial charge in [0.1, 0.15) is 0 Å². The minimum absolute atomic E-state index is 0.0810. The van der Waals surface area contributed by atoms with Crippen LogP contribution in [0.1, 0.15) is 20.3 Å². The third kappa shape index (κ3) is 34.7. The lowest BCUT2D eigenvalue weighted by atomic mass is 10.3. The van der Waals surface area contributed by atoms with Crippen LogP contribution in [0.25, 0.3) is 0 Å². The van der Waals surface area contributed by atoms with Crippen LogP contribution in [0.15, 0.2) is 12.7 Å². The van der Waals surface area contributed by atoms with Gasteiger partial charge < -0.3 is 10.2 Å². The van der Waals surface area contributed by atoms with Crippen LogP contribution in [0, 0.1) is 0 Å². The van der Waals surface area contributed by atoms with Crippen molar-refractivity contribution in [1.82, 2.24) is 0 Å². The van der Waals surface area contributed by atoms with Crippen LogP contribution in [0.5, 0.6) is 0 Å². The monoisotopic (exact) mass is 132 g/mol. The largest absolute Gasteiger partial charge is 0.396 e. The average molecular weight is 132 g/mol. The smallest absolute Gasteiger partial charge is 0.0533 e. The summed E-state index contributed by atoms with van der Waals surface area (Å²) in [5.41, 5.74) is 0. The van der Waals surface area contributed by atoms with Crippen LogP contribution in [-0.2, 0) is 0 Å². The van der Waals surface area contributed by atoms with Gasteiger partial charge in [-0.15, -0.1) is 6.58 Å². The second-order valence-corrected chi connectivity index (χ2v) is 1.77. The second kappa shape index (κ2) is 10.6. The van der Waals surface area contributed by atoms with E-state index in [-0.39, 0.29) is 12.7 Å². The van der Waals surface area contributed by atoms with Crippen molar-refractivity contribution in [3.05, 3.63) is 12.7 Å². The highest BCUT2D eigenvalue weighted by atomic mass is 16.3. The molecule has 56 valence electrons. The predicted octanol–water partition coefficient (Wildman–Crippen LogP) is 0.942. The van der Waals surface area contributed by atoms with Gasteiger partial charge in [-0.25, -0.2) is 0 Å². The molecule has 0 aromatic carbocycles. The maximum absolute atomic E-state index is 8.39. The highest BCUT2D eigenvalue weighted by molar-refractivity contribution is 4.51. The summed E-state index contributed by atoms with van der Waals surface area (Å²) in [5, 5.41) is 16.5. The van der Waals surface area contributed by atoms with Gasteiger partial charge in [0.15, 0.2) is 0 Å². The molecule has 0 aromatic heterocycles. The van der Waals surface area contributed by atoms with E-state index in [9.17, 15) is 0 Å². The topological polar surface area (TPSA) is 40.5 Å². The molecule has 0 bridgehead atoms. The summed E-state index contributed by atoms with van der Waals surface area (Å²) in [6.07, 6.45) is 1.88. The molecular weight excluding hydrogens is 116 g/mol. The predicted molar refractivity (Wildman–Crippen MR) is 39.3 cm³/mol. The minimum Gasteiger partial charge on any atom is -0.396 e. The Morgan fingerprint density at radius 1 is 1.67 bits per heavy atom. The average Bonchev–Trinajstić information content (AvgIpc) is 1.67. The molecule has 0 aliphatic rings. The fourth-order valence-corrected chi connectivity index (χ4v) is 0.187. The van der Waals surface area contributed by atoms with Crippen LogP contribution in [0.3, 0.4) is 0 Å². The Balaban J connectivity index is 0. The first-order valence-corrected chi connectivity index (χ1v) is 3.05. The lowest BCUT2D eigenvalue weighted by Gasteiger charge is -1.95. The Labute approximate surface area is 56.8 Å². The van der Waals surface area contributed by atoms with Crippen molar-refractivity contribution in [1.29, 1.82) is 0 Å². The van der Waals surface area contributed by atoms with Crippen molar-refractivity contribution in [2.75, 3.05) is 6.61 Å². The van der Waals surface area contributed by atoms with E-state index in [0.29, 0.717) is 6.42 Å². The molecule has 0 aromatic rings. The summed E-state index contributed by atoms with van der Waals surface area (Å²) in [4.78, 5) is 0. The van der Waals surface area contributed by atoms with Gasteiger partial charge in [-0.1, -0.05) is 6.08 Å².